The lowest BCUT2D eigenvalue weighted by atomic mass is 10.1. The van der Waals surface area contributed by atoms with Crippen molar-refractivity contribution < 1.29 is 4.92 Å². The summed E-state index contributed by atoms with van der Waals surface area (Å²) >= 11 is 3.31. The molecule has 1 aromatic carbocycles. The molecular weight excluding hydrogens is 308 g/mol. The van der Waals surface area contributed by atoms with Crippen LogP contribution in [0.25, 0.3) is 0 Å². The third-order valence-corrected chi connectivity index (χ3v) is 4.29. The van der Waals surface area contributed by atoms with Crippen molar-refractivity contribution in [2.45, 2.75) is 45.1 Å². The fourth-order valence-corrected chi connectivity index (χ4v) is 3.15. The van der Waals surface area contributed by atoms with Gasteiger partial charge in [-0.25, -0.2) is 0 Å². The summed E-state index contributed by atoms with van der Waals surface area (Å²) < 4.78 is 0.755. The Morgan fingerprint density at radius 2 is 2.21 bits per heavy atom. The first-order valence-corrected chi connectivity index (χ1v) is 7.63. The van der Waals surface area contributed by atoms with E-state index in [4.69, 9.17) is 0 Å². The molecule has 1 unspecified atom stereocenters. The lowest BCUT2D eigenvalue weighted by Gasteiger charge is -2.31. The summed E-state index contributed by atoms with van der Waals surface area (Å²) in [5.74, 6) is 0. The number of hydrogen-bond donors (Lipinski definition) is 0. The van der Waals surface area contributed by atoms with Gasteiger partial charge in [0, 0.05) is 23.1 Å². The molecule has 1 aliphatic rings. The molecule has 1 heterocycles. The van der Waals surface area contributed by atoms with Crippen LogP contribution in [-0.4, -0.2) is 17.5 Å². The van der Waals surface area contributed by atoms with Crippen LogP contribution in [0.4, 0.5) is 11.4 Å². The van der Waals surface area contributed by atoms with E-state index >= 15 is 0 Å². The van der Waals surface area contributed by atoms with Gasteiger partial charge in [-0.3, -0.25) is 10.1 Å². The highest BCUT2D eigenvalue weighted by atomic mass is 79.9. The summed E-state index contributed by atoms with van der Waals surface area (Å²) in [5.41, 5.74) is 0.969. The first kappa shape index (κ1) is 14.3. The summed E-state index contributed by atoms with van der Waals surface area (Å²) in [6.45, 7) is 3.08. The molecule has 5 heteroatoms. The molecule has 104 valence electrons. The second-order valence-electron chi connectivity index (χ2n) is 4.99. The maximum absolute atomic E-state index is 11.3. The maximum Gasteiger partial charge on any atom is 0.293 e. The summed E-state index contributed by atoms with van der Waals surface area (Å²) in [6.07, 6.45) is 5.72. The van der Waals surface area contributed by atoms with Gasteiger partial charge < -0.3 is 4.90 Å². The van der Waals surface area contributed by atoms with Gasteiger partial charge in [0.1, 0.15) is 5.69 Å². The second kappa shape index (κ2) is 6.37. The van der Waals surface area contributed by atoms with Gasteiger partial charge in [-0.2, -0.15) is 0 Å². The molecule has 1 aromatic rings. The van der Waals surface area contributed by atoms with Crippen molar-refractivity contribution in [2.24, 2.45) is 0 Å². The van der Waals surface area contributed by atoms with Gasteiger partial charge in [-0.05, 0) is 31.4 Å². The van der Waals surface area contributed by atoms with Gasteiger partial charge in [-0.1, -0.05) is 35.7 Å². The molecule has 0 saturated carbocycles. The molecule has 0 N–H and O–H groups in total. The SMILES string of the molecule is CCC1CCCCCN1c1ccc(Br)cc1[N+](=O)[O-]. The number of nitro benzene ring substituents is 1. The summed E-state index contributed by atoms with van der Waals surface area (Å²) in [4.78, 5) is 13.2. The third kappa shape index (κ3) is 3.26. The summed E-state index contributed by atoms with van der Waals surface area (Å²) in [5, 5.41) is 11.3. The largest absolute Gasteiger partial charge is 0.363 e. The zero-order chi connectivity index (χ0) is 13.8. The van der Waals surface area contributed by atoms with E-state index in [0.717, 1.165) is 36.0 Å². The van der Waals surface area contributed by atoms with Crippen LogP contribution in [-0.2, 0) is 0 Å². The van der Waals surface area contributed by atoms with Gasteiger partial charge in [0.15, 0.2) is 0 Å². The van der Waals surface area contributed by atoms with Gasteiger partial charge in [0.05, 0.1) is 4.92 Å². The molecule has 0 bridgehead atoms. The number of hydrogen-bond acceptors (Lipinski definition) is 3. The number of rotatable bonds is 3. The Kier molecular flexibility index (Phi) is 4.80. The molecule has 2 rings (SSSR count). The topological polar surface area (TPSA) is 46.4 Å². The molecule has 0 amide bonds. The number of nitro groups is 1. The minimum absolute atomic E-state index is 0.203. The minimum Gasteiger partial charge on any atom is -0.363 e. The van der Waals surface area contributed by atoms with Crippen molar-refractivity contribution in [3.8, 4) is 0 Å². The number of benzene rings is 1. The fraction of sp³-hybridized carbons (Fsp3) is 0.571. The van der Waals surface area contributed by atoms with Crippen molar-refractivity contribution in [2.75, 3.05) is 11.4 Å². The molecule has 0 radical (unpaired) electrons. The van der Waals surface area contributed by atoms with Crippen LogP contribution in [0.5, 0.6) is 0 Å². The predicted molar refractivity (Wildman–Crippen MR) is 80.7 cm³/mol. The lowest BCUT2D eigenvalue weighted by Crippen LogP contribution is -2.34. The molecule has 0 aromatic heterocycles. The Bertz CT molecular complexity index is 465. The van der Waals surface area contributed by atoms with E-state index in [-0.39, 0.29) is 10.6 Å². The molecular formula is C14H19BrN2O2. The summed E-state index contributed by atoms with van der Waals surface area (Å²) in [7, 11) is 0. The first-order valence-electron chi connectivity index (χ1n) is 6.84. The van der Waals surface area contributed by atoms with E-state index < -0.39 is 0 Å². The zero-order valence-corrected chi connectivity index (χ0v) is 12.7. The van der Waals surface area contributed by atoms with E-state index in [1.807, 2.05) is 12.1 Å². The van der Waals surface area contributed by atoms with Crippen molar-refractivity contribution in [1.82, 2.24) is 0 Å². The second-order valence-corrected chi connectivity index (χ2v) is 5.91. The number of anilines is 1. The van der Waals surface area contributed by atoms with Gasteiger partial charge in [0.2, 0.25) is 0 Å². The molecule has 0 spiro atoms. The van der Waals surface area contributed by atoms with Crippen molar-refractivity contribution in [3.63, 3.8) is 0 Å². The quantitative estimate of drug-likeness (QED) is 0.606. The van der Waals surface area contributed by atoms with Gasteiger partial charge in [-0.15, -0.1) is 0 Å². The monoisotopic (exact) mass is 326 g/mol. The standard InChI is InChI=1S/C14H19BrN2O2/c1-2-12-6-4-3-5-9-16(12)13-8-7-11(15)10-14(13)17(18)19/h7-8,10,12H,2-6,9H2,1H3. The van der Waals surface area contributed by atoms with E-state index in [1.165, 1.54) is 12.8 Å². The molecule has 1 aliphatic heterocycles. The number of halogens is 1. The van der Waals surface area contributed by atoms with E-state index in [9.17, 15) is 10.1 Å². The van der Waals surface area contributed by atoms with Crippen LogP contribution in [0.3, 0.4) is 0 Å². The van der Waals surface area contributed by atoms with Crippen LogP contribution in [0.15, 0.2) is 22.7 Å². The average Bonchev–Trinajstić information content (AvgIpc) is 2.63. The average molecular weight is 327 g/mol. The number of nitrogens with zero attached hydrogens (tertiary/aromatic N) is 2. The van der Waals surface area contributed by atoms with Crippen LogP contribution < -0.4 is 4.90 Å². The van der Waals surface area contributed by atoms with Crippen LogP contribution in [0, 0.1) is 10.1 Å². The minimum atomic E-state index is -0.280. The Balaban J connectivity index is 2.40. The third-order valence-electron chi connectivity index (χ3n) is 3.79. The molecule has 1 atom stereocenters. The highest BCUT2D eigenvalue weighted by molar-refractivity contribution is 9.10. The van der Waals surface area contributed by atoms with Crippen LogP contribution in [0.2, 0.25) is 0 Å². The van der Waals surface area contributed by atoms with E-state index in [0.29, 0.717) is 6.04 Å². The van der Waals surface area contributed by atoms with Crippen molar-refractivity contribution in [3.05, 3.63) is 32.8 Å². The highest BCUT2D eigenvalue weighted by Gasteiger charge is 2.26. The van der Waals surface area contributed by atoms with Crippen LogP contribution >= 0.6 is 15.9 Å². The Hall–Kier alpha value is -1.10. The zero-order valence-electron chi connectivity index (χ0n) is 11.1. The lowest BCUT2D eigenvalue weighted by molar-refractivity contribution is -0.384. The Labute approximate surface area is 122 Å². The van der Waals surface area contributed by atoms with Gasteiger partial charge >= 0.3 is 0 Å². The fourth-order valence-electron chi connectivity index (χ4n) is 2.80. The molecule has 1 saturated heterocycles. The normalized spacial score (nSPS) is 20.1. The molecule has 4 nitrogen and oxygen atoms in total. The maximum atomic E-state index is 11.3. The van der Waals surface area contributed by atoms with E-state index in [1.54, 1.807) is 6.07 Å². The smallest absolute Gasteiger partial charge is 0.293 e. The molecule has 19 heavy (non-hydrogen) atoms. The highest BCUT2D eigenvalue weighted by Crippen LogP contribution is 2.35. The van der Waals surface area contributed by atoms with Crippen molar-refractivity contribution >= 4 is 27.3 Å². The Morgan fingerprint density at radius 1 is 1.42 bits per heavy atom. The van der Waals surface area contributed by atoms with Crippen LogP contribution in [0.1, 0.15) is 39.0 Å². The molecule has 0 aliphatic carbocycles. The van der Waals surface area contributed by atoms with E-state index in [2.05, 4.69) is 27.8 Å². The Morgan fingerprint density at radius 3 is 2.89 bits per heavy atom. The first-order chi connectivity index (χ1) is 9.13. The summed E-state index contributed by atoms with van der Waals surface area (Å²) in [6, 6.07) is 5.78. The predicted octanol–water partition coefficient (Wildman–Crippen LogP) is 4.52. The molecule has 1 fully saturated rings. The van der Waals surface area contributed by atoms with Crippen molar-refractivity contribution in [1.29, 1.82) is 0 Å². The van der Waals surface area contributed by atoms with Gasteiger partial charge in [0.25, 0.3) is 5.69 Å².